The molecule has 20 heavy (non-hydrogen) atoms. The van der Waals surface area contributed by atoms with Gasteiger partial charge in [0.15, 0.2) is 11.6 Å². The predicted molar refractivity (Wildman–Crippen MR) is 71.7 cm³/mol. The van der Waals surface area contributed by atoms with Gasteiger partial charge < -0.3 is 5.32 Å². The summed E-state index contributed by atoms with van der Waals surface area (Å²) < 4.78 is 49.6. The van der Waals surface area contributed by atoms with Gasteiger partial charge in [-0.05, 0) is 18.6 Å². The van der Waals surface area contributed by atoms with E-state index in [1.165, 1.54) is 6.07 Å². The number of nitrogens with one attached hydrogen (secondary N) is 1. The van der Waals surface area contributed by atoms with Crippen molar-refractivity contribution in [2.75, 3.05) is 24.7 Å². The molecule has 0 aliphatic carbocycles. The molecule has 0 spiro atoms. The van der Waals surface area contributed by atoms with E-state index in [0.717, 1.165) is 22.7 Å². The highest BCUT2D eigenvalue weighted by Crippen LogP contribution is 2.13. The van der Waals surface area contributed by atoms with Crippen LogP contribution in [-0.4, -0.2) is 38.0 Å². The van der Waals surface area contributed by atoms with Gasteiger partial charge in [0.2, 0.25) is 15.9 Å². The Bertz CT molecular complexity index is 590. The number of amides is 1. The maximum absolute atomic E-state index is 13.0. The molecule has 1 amide bonds. The number of anilines is 1. The quantitative estimate of drug-likeness (QED) is 0.867. The van der Waals surface area contributed by atoms with Gasteiger partial charge in [0.1, 0.15) is 0 Å². The average Bonchev–Trinajstić information content (AvgIpc) is 2.32. The van der Waals surface area contributed by atoms with E-state index in [1.807, 2.05) is 0 Å². The van der Waals surface area contributed by atoms with Gasteiger partial charge in [-0.15, -0.1) is 0 Å². The molecule has 0 aliphatic heterocycles. The second-order valence-corrected chi connectivity index (χ2v) is 6.26. The van der Waals surface area contributed by atoms with Crippen LogP contribution in [-0.2, 0) is 14.8 Å². The fourth-order valence-corrected chi connectivity index (χ4v) is 2.41. The van der Waals surface area contributed by atoms with Crippen molar-refractivity contribution >= 4 is 21.6 Å². The molecule has 0 heterocycles. The highest BCUT2D eigenvalue weighted by atomic mass is 32.2. The number of hydrogen-bond acceptors (Lipinski definition) is 3. The molecule has 1 aromatic carbocycles. The van der Waals surface area contributed by atoms with Crippen molar-refractivity contribution in [3.05, 3.63) is 29.8 Å². The number of hydrogen-bond donors (Lipinski definition) is 1. The predicted octanol–water partition coefficient (Wildman–Crippen LogP) is 1.57. The fourth-order valence-electron chi connectivity index (χ4n) is 1.55. The standard InChI is InChI=1S/C12H16F2N2O3S/c1-3-6-16(20(2,18)19)8-12(17)15-9-4-5-10(13)11(14)7-9/h4-5,7H,3,6,8H2,1-2H3,(H,15,17). The van der Waals surface area contributed by atoms with Crippen LogP contribution < -0.4 is 5.32 Å². The highest BCUT2D eigenvalue weighted by molar-refractivity contribution is 7.88. The minimum atomic E-state index is -3.49. The van der Waals surface area contributed by atoms with Gasteiger partial charge in [0, 0.05) is 18.3 Å². The van der Waals surface area contributed by atoms with E-state index < -0.39 is 27.6 Å². The lowest BCUT2D eigenvalue weighted by Gasteiger charge is -2.18. The molecule has 1 N–H and O–H groups in total. The Kier molecular flexibility index (Phi) is 5.58. The zero-order valence-corrected chi connectivity index (χ0v) is 12.0. The van der Waals surface area contributed by atoms with Crippen LogP contribution in [0.25, 0.3) is 0 Å². The molecule has 0 atom stereocenters. The zero-order valence-electron chi connectivity index (χ0n) is 11.2. The van der Waals surface area contributed by atoms with Gasteiger partial charge in [-0.1, -0.05) is 6.92 Å². The third kappa shape index (κ3) is 4.86. The molecule has 0 aliphatic rings. The molecule has 0 aromatic heterocycles. The summed E-state index contributed by atoms with van der Waals surface area (Å²) in [5.74, 6) is -2.72. The number of halogens is 2. The maximum Gasteiger partial charge on any atom is 0.239 e. The molecule has 0 bridgehead atoms. The first kappa shape index (κ1) is 16.5. The van der Waals surface area contributed by atoms with Crippen LogP contribution in [0.3, 0.4) is 0 Å². The van der Waals surface area contributed by atoms with E-state index in [4.69, 9.17) is 0 Å². The zero-order chi connectivity index (χ0) is 15.3. The summed E-state index contributed by atoms with van der Waals surface area (Å²) in [4.78, 5) is 11.7. The van der Waals surface area contributed by atoms with Crippen LogP contribution in [0.15, 0.2) is 18.2 Å². The number of sulfonamides is 1. The highest BCUT2D eigenvalue weighted by Gasteiger charge is 2.19. The molecule has 0 unspecified atom stereocenters. The van der Waals surface area contributed by atoms with Crippen molar-refractivity contribution < 1.29 is 22.0 Å². The number of carbonyl (C=O) groups excluding carboxylic acids is 1. The summed E-state index contributed by atoms with van der Waals surface area (Å²) in [5.41, 5.74) is 0.0684. The smallest absolute Gasteiger partial charge is 0.239 e. The number of rotatable bonds is 6. The Morgan fingerprint density at radius 1 is 1.30 bits per heavy atom. The fraction of sp³-hybridized carbons (Fsp3) is 0.417. The molecule has 1 rings (SSSR count). The van der Waals surface area contributed by atoms with Gasteiger partial charge in [0.05, 0.1) is 12.8 Å². The van der Waals surface area contributed by atoms with Crippen molar-refractivity contribution in [2.24, 2.45) is 0 Å². The minimum absolute atomic E-state index is 0.0684. The number of carbonyl (C=O) groups is 1. The summed E-state index contributed by atoms with van der Waals surface area (Å²) in [6, 6.07) is 2.91. The lowest BCUT2D eigenvalue weighted by atomic mass is 10.3. The molecule has 1 aromatic rings. The van der Waals surface area contributed by atoms with E-state index in [2.05, 4.69) is 5.32 Å². The topological polar surface area (TPSA) is 66.5 Å². The summed E-state index contributed by atoms with van der Waals surface area (Å²) in [5, 5.41) is 2.32. The Hall–Kier alpha value is -1.54. The SMILES string of the molecule is CCCN(CC(=O)Nc1ccc(F)c(F)c1)S(C)(=O)=O. The third-order valence-electron chi connectivity index (χ3n) is 2.47. The maximum atomic E-state index is 13.0. The first-order valence-electron chi connectivity index (χ1n) is 5.94. The molecule has 0 saturated heterocycles. The molecule has 112 valence electrons. The van der Waals surface area contributed by atoms with E-state index in [9.17, 15) is 22.0 Å². The van der Waals surface area contributed by atoms with Gasteiger partial charge >= 0.3 is 0 Å². The molecular formula is C12H16F2N2O3S. The molecular weight excluding hydrogens is 290 g/mol. The van der Waals surface area contributed by atoms with Crippen molar-refractivity contribution in [1.29, 1.82) is 0 Å². The Morgan fingerprint density at radius 3 is 2.45 bits per heavy atom. The van der Waals surface area contributed by atoms with Crippen LogP contribution in [0.2, 0.25) is 0 Å². The van der Waals surface area contributed by atoms with Gasteiger partial charge in [-0.2, -0.15) is 4.31 Å². The van der Waals surface area contributed by atoms with Crippen LogP contribution in [0.1, 0.15) is 13.3 Å². The largest absolute Gasteiger partial charge is 0.325 e. The van der Waals surface area contributed by atoms with E-state index in [1.54, 1.807) is 6.92 Å². The number of benzene rings is 1. The summed E-state index contributed by atoms with van der Waals surface area (Å²) in [6.45, 7) is 1.63. The van der Waals surface area contributed by atoms with E-state index in [0.29, 0.717) is 6.42 Å². The first-order chi connectivity index (χ1) is 9.24. The van der Waals surface area contributed by atoms with Crippen molar-refractivity contribution in [1.82, 2.24) is 4.31 Å². The summed E-state index contributed by atoms with van der Waals surface area (Å²) in [6.07, 6.45) is 1.57. The number of nitrogens with zero attached hydrogens (tertiary/aromatic N) is 1. The van der Waals surface area contributed by atoms with E-state index >= 15 is 0 Å². The monoisotopic (exact) mass is 306 g/mol. The molecule has 0 radical (unpaired) electrons. The Morgan fingerprint density at radius 2 is 1.95 bits per heavy atom. The van der Waals surface area contributed by atoms with Gasteiger partial charge in [-0.3, -0.25) is 4.79 Å². The normalized spacial score (nSPS) is 11.7. The van der Waals surface area contributed by atoms with Crippen LogP contribution in [0.4, 0.5) is 14.5 Å². The van der Waals surface area contributed by atoms with Crippen molar-refractivity contribution in [3.63, 3.8) is 0 Å². The van der Waals surface area contributed by atoms with Gasteiger partial charge in [-0.25, -0.2) is 17.2 Å². The first-order valence-corrected chi connectivity index (χ1v) is 7.79. The van der Waals surface area contributed by atoms with Crippen LogP contribution in [0, 0.1) is 11.6 Å². The van der Waals surface area contributed by atoms with Gasteiger partial charge in [0.25, 0.3) is 0 Å². The van der Waals surface area contributed by atoms with Crippen molar-refractivity contribution in [3.8, 4) is 0 Å². The second-order valence-electron chi connectivity index (χ2n) is 4.27. The summed E-state index contributed by atoms with van der Waals surface area (Å²) >= 11 is 0. The van der Waals surface area contributed by atoms with E-state index in [-0.39, 0.29) is 18.8 Å². The average molecular weight is 306 g/mol. The molecule has 5 nitrogen and oxygen atoms in total. The second kappa shape index (κ2) is 6.76. The summed E-state index contributed by atoms with van der Waals surface area (Å²) in [7, 11) is -3.49. The molecule has 0 saturated carbocycles. The van der Waals surface area contributed by atoms with Crippen molar-refractivity contribution in [2.45, 2.75) is 13.3 Å². The Labute approximate surface area is 116 Å². The lowest BCUT2D eigenvalue weighted by molar-refractivity contribution is -0.116. The van der Waals surface area contributed by atoms with Crippen LogP contribution >= 0.6 is 0 Å². The lowest BCUT2D eigenvalue weighted by Crippen LogP contribution is -2.37. The van der Waals surface area contributed by atoms with Crippen LogP contribution in [0.5, 0.6) is 0 Å². The molecule has 0 fully saturated rings. The minimum Gasteiger partial charge on any atom is -0.325 e. The Balaban J connectivity index is 2.73. The molecule has 8 heteroatoms. The third-order valence-corrected chi connectivity index (χ3v) is 3.72.